The second kappa shape index (κ2) is 14.5. The summed E-state index contributed by atoms with van der Waals surface area (Å²) in [5, 5.41) is 0. The fraction of sp³-hybridized carbons (Fsp3) is 0.594. The summed E-state index contributed by atoms with van der Waals surface area (Å²) in [5.41, 5.74) is 2.32. The minimum atomic E-state index is -0.695. The molecule has 7 heteroatoms. The minimum absolute atomic E-state index is 0. The topological polar surface area (TPSA) is 54.0 Å². The Hall–Kier alpha value is -2.09. The molecule has 0 unspecified atom stereocenters. The van der Waals surface area contributed by atoms with E-state index >= 15 is 0 Å². The first kappa shape index (κ1) is 34.9. The molecule has 0 radical (unpaired) electrons. The summed E-state index contributed by atoms with van der Waals surface area (Å²) < 4.78 is 23.0. The maximum Gasteiger partial charge on any atom is 0.514 e. The zero-order valence-corrected chi connectivity index (χ0v) is 27.3. The average molecular weight is 609 g/mol. The quantitative estimate of drug-likeness (QED) is 0.155. The van der Waals surface area contributed by atoms with Gasteiger partial charge in [0.2, 0.25) is 0 Å². The van der Waals surface area contributed by atoms with Gasteiger partial charge in [-0.1, -0.05) is 46.8 Å². The monoisotopic (exact) mass is 607 g/mol. The molecule has 0 saturated carbocycles. The van der Waals surface area contributed by atoms with Crippen molar-refractivity contribution in [3.05, 3.63) is 59.7 Å². The van der Waals surface area contributed by atoms with Crippen LogP contribution in [0.4, 0.5) is 4.79 Å². The molecular weight excluding hydrogens is 558 g/mol. The number of carbonyl (C=O) groups is 1. The fourth-order valence-electron chi connectivity index (χ4n) is 4.67. The van der Waals surface area contributed by atoms with Crippen LogP contribution in [0, 0.1) is 5.41 Å². The second-order valence-corrected chi connectivity index (χ2v) is 13.6. The lowest BCUT2D eigenvalue weighted by molar-refractivity contribution is -0.904. The van der Waals surface area contributed by atoms with Gasteiger partial charge in [-0.25, -0.2) is 4.79 Å². The van der Waals surface area contributed by atoms with Crippen LogP contribution in [0.15, 0.2) is 48.5 Å². The van der Waals surface area contributed by atoms with Crippen LogP contribution in [0.25, 0.3) is 0 Å². The van der Waals surface area contributed by atoms with Crippen LogP contribution in [0.2, 0.25) is 0 Å². The van der Waals surface area contributed by atoms with Gasteiger partial charge in [0.25, 0.3) is 0 Å². The molecule has 0 aliphatic rings. The van der Waals surface area contributed by atoms with Crippen molar-refractivity contribution in [3.8, 4) is 11.5 Å². The Kier molecular flexibility index (Phi) is 13.0. The molecule has 0 heterocycles. The van der Waals surface area contributed by atoms with E-state index in [0.29, 0.717) is 25.6 Å². The van der Waals surface area contributed by atoms with Crippen molar-refractivity contribution in [1.29, 1.82) is 0 Å². The summed E-state index contributed by atoms with van der Waals surface area (Å²) in [5.74, 6) is 1.35. The molecule has 0 bridgehead atoms. The van der Waals surface area contributed by atoms with Crippen LogP contribution in [0.1, 0.15) is 72.9 Å². The van der Waals surface area contributed by atoms with Crippen molar-refractivity contribution in [3.63, 3.8) is 0 Å². The molecule has 0 aliphatic heterocycles. The number of halogens is 1. The number of quaternary nitrogens is 1. The molecule has 220 valence electrons. The van der Waals surface area contributed by atoms with Gasteiger partial charge in [0, 0.05) is 5.56 Å². The molecule has 0 fully saturated rings. The first-order valence-electron chi connectivity index (χ1n) is 13.6. The molecule has 0 N–H and O–H groups in total. The lowest BCUT2D eigenvalue weighted by Gasteiger charge is -2.33. The van der Waals surface area contributed by atoms with Gasteiger partial charge >= 0.3 is 6.16 Å². The van der Waals surface area contributed by atoms with Crippen molar-refractivity contribution < 1.29 is 45.2 Å². The number of benzene rings is 2. The molecule has 0 spiro atoms. The summed E-state index contributed by atoms with van der Waals surface area (Å²) in [6.07, 6.45) is 0.427. The van der Waals surface area contributed by atoms with E-state index in [9.17, 15) is 4.79 Å². The van der Waals surface area contributed by atoms with E-state index in [0.717, 1.165) is 35.3 Å². The molecule has 39 heavy (non-hydrogen) atoms. The van der Waals surface area contributed by atoms with E-state index in [1.165, 1.54) is 5.56 Å². The van der Waals surface area contributed by atoms with E-state index in [1.54, 1.807) is 12.1 Å². The van der Waals surface area contributed by atoms with Crippen molar-refractivity contribution in [1.82, 2.24) is 0 Å². The summed E-state index contributed by atoms with van der Waals surface area (Å²) in [7, 11) is 4.35. The summed E-state index contributed by atoms with van der Waals surface area (Å²) in [4.78, 5) is 11.8. The Labute approximate surface area is 247 Å². The SMILES string of the molecule is CC(C)(C)CC(C)(C)c1ccc(OCCOCC[N+](C)(C)Cc2ccc(OC(=O)OC(C)(C)C)cc2)cc1.[Br-]. The van der Waals surface area contributed by atoms with Crippen LogP contribution < -0.4 is 26.5 Å². The third-order valence-corrected chi connectivity index (χ3v) is 6.07. The predicted octanol–water partition coefficient (Wildman–Crippen LogP) is 4.39. The first-order valence-corrected chi connectivity index (χ1v) is 13.6. The molecule has 2 aromatic carbocycles. The second-order valence-electron chi connectivity index (χ2n) is 13.6. The molecule has 0 aliphatic carbocycles. The Morgan fingerprint density at radius 2 is 1.33 bits per heavy atom. The van der Waals surface area contributed by atoms with Crippen LogP contribution in [-0.4, -0.2) is 56.7 Å². The van der Waals surface area contributed by atoms with Crippen LogP contribution >= 0.6 is 0 Å². The van der Waals surface area contributed by atoms with Crippen LogP contribution in [-0.2, 0) is 21.4 Å². The molecule has 2 aromatic rings. The van der Waals surface area contributed by atoms with E-state index < -0.39 is 11.8 Å². The van der Waals surface area contributed by atoms with Crippen LogP contribution in [0.5, 0.6) is 11.5 Å². The van der Waals surface area contributed by atoms with Gasteiger partial charge in [-0.3, -0.25) is 0 Å². The molecule has 6 nitrogen and oxygen atoms in total. The first-order chi connectivity index (χ1) is 17.4. The Bertz CT molecular complexity index is 1000. The lowest BCUT2D eigenvalue weighted by atomic mass is 9.72. The normalized spacial score (nSPS) is 12.5. The summed E-state index contributed by atoms with van der Waals surface area (Å²) in [6.45, 7) is 20.3. The lowest BCUT2D eigenvalue weighted by Crippen LogP contribution is -3.00. The van der Waals surface area contributed by atoms with Crippen LogP contribution in [0.3, 0.4) is 0 Å². The van der Waals surface area contributed by atoms with Crippen molar-refractivity contribution in [2.45, 2.75) is 79.4 Å². The Morgan fingerprint density at radius 3 is 1.87 bits per heavy atom. The number of nitrogens with zero attached hydrogens (tertiary/aromatic N) is 1. The number of rotatable bonds is 12. The standard InChI is InChI=1S/C32H50NO5.BrH/c1-30(2,3)24-32(7,8)26-13-17-27(18-14-26)36-22-21-35-20-19-33(9,10)23-25-11-15-28(16-12-25)37-29(34)38-31(4,5)6;/h11-18H,19-24H2,1-10H3;1H/q+1;/p-1. The van der Waals surface area contributed by atoms with Gasteiger partial charge in [0.05, 0.1) is 27.3 Å². The molecule has 0 saturated heterocycles. The van der Waals surface area contributed by atoms with Gasteiger partial charge < -0.3 is 40.4 Å². The van der Waals surface area contributed by atoms with E-state index in [2.05, 4.69) is 73.0 Å². The highest BCUT2D eigenvalue weighted by Gasteiger charge is 2.27. The van der Waals surface area contributed by atoms with Crippen molar-refractivity contribution in [2.24, 2.45) is 5.41 Å². The van der Waals surface area contributed by atoms with Crippen molar-refractivity contribution >= 4 is 6.16 Å². The maximum absolute atomic E-state index is 11.8. The molecular formula is C32H50BrNO5. The van der Waals surface area contributed by atoms with Gasteiger partial charge in [-0.2, -0.15) is 0 Å². The van der Waals surface area contributed by atoms with E-state index in [-0.39, 0.29) is 27.8 Å². The number of carbonyl (C=O) groups excluding carboxylic acids is 1. The highest BCUT2D eigenvalue weighted by molar-refractivity contribution is 5.64. The van der Waals surface area contributed by atoms with Crippen molar-refractivity contribution in [2.75, 3.05) is 40.5 Å². The zero-order valence-electron chi connectivity index (χ0n) is 25.7. The van der Waals surface area contributed by atoms with Gasteiger partial charge in [0.1, 0.15) is 36.8 Å². The van der Waals surface area contributed by atoms with Gasteiger partial charge in [-0.15, -0.1) is 0 Å². The van der Waals surface area contributed by atoms with E-state index in [1.807, 2.05) is 32.9 Å². The zero-order chi connectivity index (χ0) is 28.6. The third kappa shape index (κ3) is 14.2. The molecule has 0 amide bonds. The number of ether oxygens (including phenoxy) is 4. The summed E-state index contributed by atoms with van der Waals surface area (Å²) >= 11 is 0. The smallest absolute Gasteiger partial charge is 0.514 e. The van der Waals surface area contributed by atoms with Gasteiger partial charge in [0.15, 0.2) is 0 Å². The average Bonchev–Trinajstić information content (AvgIpc) is 2.74. The van der Waals surface area contributed by atoms with Gasteiger partial charge in [-0.05, 0) is 80.0 Å². The predicted molar refractivity (Wildman–Crippen MR) is 154 cm³/mol. The maximum atomic E-state index is 11.8. The highest BCUT2D eigenvalue weighted by atomic mass is 79.9. The number of likely N-dealkylation sites (N-methyl/N-ethyl adjacent to an activating group) is 1. The molecule has 0 atom stereocenters. The fourth-order valence-corrected chi connectivity index (χ4v) is 4.67. The number of hydrogen-bond donors (Lipinski definition) is 0. The highest BCUT2D eigenvalue weighted by Crippen LogP contribution is 2.36. The molecule has 0 aromatic heterocycles. The largest absolute Gasteiger partial charge is 1.00 e. The number of hydrogen-bond acceptors (Lipinski definition) is 5. The Morgan fingerprint density at radius 1 is 0.769 bits per heavy atom. The summed E-state index contributed by atoms with van der Waals surface area (Å²) in [6, 6.07) is 16.0. The molecule has 2 rings (SSSR count). The minimum Gasteiger partial charge on any atom is -1.00 e. The van der Waals surface area contributed by atoms with E-state index in [4.69, 9.17) is 18.9 Å². The Balaban J connectivity index is 0.00000760. The third-order valence-electron chi connectivity index (χ3n) is 6.07.